The summed E-state index contributed by atoms with van der Waals surface area (Å²) in [5, 5.41) is 0.696. The highest BCUT2D eigenvalue weighted by molar-refractivity contribution is 7.90. The molecule has 0 aliphatic rings. The molecule has 6 heteroatoms. The fourth-order valence-electron chi connectivity index (χ4n) is 2.79. The van der Waals surface area contributed by atoms with Crippen LogP contribution in [0.25, 0.3) is 10.9 Å². The highest BCUT2D eigenvalue weighted by Crippen LogP contribution is 2.25. The number of benzene rings is 2. The Hall–Kier alpha value is -2.60. The molecule has 0 unspecified atom stereocenters. The summed E-state index contributed by atoms with van der Waals surface area (Å²) in [5.74, 6) is -0.421. The average molecular weight is 357 g/mol. The normalized spacial score (nSPS) is 11.6. The van der Waals surface area contributed by atoms with Crippen molar-refractivity contribution in [2.24, 2.45) is 0 Å². The molecule has 2 aromatic carbocycles. The summed E-state index contributed by atoms with van der Waals surface area (Å²) in [5.41, 5.74) is 2.24. The summed E-state index contributed by atoms with van der Waals surface area (Å²) < 4.78 is 30.6. The molecule has 0 atom stereocenters. The molecule has 25 heavy (non-hydrogen) atoms. The van der Waals surface area contributed by atoms with Crippen LogP contribution >= 0.6 is 0 Å². The predicted octanol–water partition coefficient (Wildman–Crippen LogP) is 3.27. The third-order valence-electron chi connectivity index (χ3n) is 3.97. The zero-order valence-electron chi connectivity index (χ0n) is 14.1. The number of rotatable bonds is 5. The number of aromatic nitrogens is 1. The molecule has 0 fully saturated rings. The average Bonchev–Trinajstić information content (AvgIpc) is 2.93. The number of hydrogen-bond acceptors (Lipinski definition) is 4. The van der Waals surface area contributed by atoms with Crippen LogP contribution in [0, 0.1) is 0 Å². The Bertz CT molecular complexity index is 1020. The molecule has 1 heterocycles. The van der Waals surface area contributed by atoms with Crippen molar-refractivity contribution in [3.05, 3.63) is 65.9 Å². The van der Waals surface area contributed by atoms with Crippen LogP contribution in [-0.2, 0) is 21.1 Å². The molecule has 0 saturated carbocycles. The van der Waals surface area contributed by atoms with Crippen LogP contribution in [-0.4, -0.2) is 31.8 Å². The fourth-order valence-corrected chi connectivity index (χ4v) is 3.45. The second-order valence-corrected chi connectivity index (χ2v) is 7.83. The molecule has 0 aliphatic heterocycles. The van der Waals surface area contributed by atoms with E-state index in [0.717, 1.165) is 11.1 Å². The maximum Gasteiger partial charge on any atom is 0.354 e. The summed E-state index contributed by atoms with van der Waals surface area (Å²) in [6.07, 6.45) is 1.17. The fraction of sp³-hybridized carbons (Fsp3) is 0.211. The van der Waals surface area contributed by atoms with Gasteiger partial charge in [0.25, 0.3) is 0 Å². The van der Waals surface area contributed by atoms with Gasteiger partial charge in [0, 0.05) is 23.7 Å². The van der Waals surface area contributed by atoms with Gasteiger partial charge in [-0.3, -0.25) is 0 Å². The van der Waals surface area contributed by atoms with Crippen molar-refractivity contribution in [3.63, 3.8) is 0 Å². The van der Waals surface area contributed by atoms with Gasteiger partial charge in [-0.2, -0.15) is 0 Å². The van der Waals surface area contributed by atoms with Crippen molar-refractivity contribution in [1.29, 1.82) is 0 Å². The lowest BCUT2D eigenvalue weighted by Crippen LogP contribution is -2.12. The van der Waals surface area contributed by atoms with Gasteiger partial charge in [-0.15, -0.1) is 0 Å². The molecule has 130 valence electrons. The van der Waals surface area contributed by atoms with E-state index in [1.165, 1.54) is 6.26 Å². The van der Waals surface area contributed by atoms with Gasteiger partial charge in [-0.1, -0.05) is 30.3 Å². The quantitative estimate of drug-likeness (QED) is 0.658. The Kier molecular flexibility index (Phi) is 4.63. The van der Waals surface area contributed by atoms with Crippen LogP contribution in [0.5, 0.6) is 0 Å². The summed E-state index contributed by atoms with van der Waals surface area (Å²) in [6, 6.07) is 16.3. The largest absolute Gasteiger partial charge is 0.461 e. The number of esters is 1. The third kappa shape index (κ3) is 3.58. The first kappa shape index (κ1) is 17.2. The standard InChI is InChI=1S/C19H19NO4S/c1-3-24-19(21)18-12-15-11-16(25(2,22)23)9-10-17(15)20(18)13-14-7-5-4-6-8-14/h4-12H,3,13H2,1-2H3. The van der Waals surface area contributed by atoms with Crippen LogP contribution in [0.15, 0.2) is 59.5 Å². The van der Waals surface area contributed by atoms with Gasteiger partial charge in [-0.05, 0) is 36.8 Å². The molecule has 0 aliphatic carbocycles. The first-order chi connectivity index (χ1) is 11.9. The van der Waals surface area contributed by atoms with Crippen molar-refractivity contribution < 1.29 is 17.9 Å². The van der Waals surface area contributed by atoms with Gasteiger partial charge in [0.05, 0.1) is 11.5 Å². The summed E-state index contributed by atoms with van der Waals surface area (Å²) >= 11 is 0. The minimum absolute atomic E-state index is 0.229. The lowest BCUT2D eigenvalue weighted by atomic mass is 10.2. The van der Waals surface area contributed by atoms with E-state index < -0.39 is 15.8 Å². The number of carbonyl (C=O) groups is 1. The second-order valence-electron chi connectivity index (χ2n) is 5.81. The molecule has 1 aromatic heterocycles. The Morgan fingerprint density at radius 3 is 2.44 bits per heavy atom. The number of hydrogen-bond donors (Lipinski definition) is 0. The molecule has 0 N–H and O–H groups in total. The Morgan fingerprint density at radius 1 is 1.08 bits per heavy atom. The van der Waals surface area contributed by atoms with E-state index in [4.69, 9.17) is 4.74 Å². The zero-order valence-corrected chi connectivity index (χ0v) is 14.9. The van der Waals surface area contributed by atoms with E-state index in [1.54, 1.807) is 31.2 Å². The molecular formula is C19H19NO4S. The number of ether oxygens (including phenoxy) is 1. The van der Waals surface area contributed by atoms with E-state index in [0.29, 0.717) is 17.6 Å². The van der Waals surface area contributed by atoms with E-state index in [-0.39, 0.29) is 11.5 Å². The number of sulfone groups is 1. The van der Waals surface area contributed by atoms with E-state index in [2.05, 4.69) is 0 Å². The number of fused-ring (bicyclic) bond motifs is 1. The van der Waals surface area contributed by atoms with E-state index in [9.17, 15) is 13.2 Å². The van der Waals surface area contributed by atoms with Crippen LogP contribution in [0.4, 0.5) is 0 Å². The summed E-state index contributed by atoms with van der Waals surface area (Å²) in [4.78, 5) is 12.6. The first-order valence-electron chi connectivity index (χ1n) is 7.94. The minimum atomic E-state index is -3.31. The Labute approximate surface area is 146 Å². The minimum Gasteiger partial charge on any atom is -0.461 e. The molecule has 0 spiro atoms. The highest BCUT2D eigenvalue weighted by atomic mass is 32.2. The molecule has 0 radical (unpaired) electrons. The molecule has 0 bridgehead atoms. The van der Waals surface area contributed by atoms with Crippen molar-refractivity contribution in [3.8, 4) is 0 Å². The van der Waals surface area contributed by atoms with Crippen LogP contribution in [0.1, 0.15) is 23.0 Å². The van der Waals surface area contributed by atoms with Crippen LogP contribution in [0.2, 0.25) is 0 Å². The molecule has 0 saturated heterocycles. The van der Waals surface area contributed by atoms with Gasteiger partial charge >= 0.3 is 5.97 Å². The number of carbonyl (C=O) groups excluding carboxylic acids is 1. The molecule has 3 aromatic rings. The summed E-state index contributed by atoms with van der Waals surface area (Å²) in [6.45, 7) is 2.53. The monoisotopic (exact) mass is 357 g/mol. The van der Waals surface area contributed by atoms with Crippen molar-refractivity contribution in [2.45, 2.75) is 18.4 Å². The predicted molar refractivity (Wildman–Crippen MR) is 96.5 cm³/mol. The maximum atomic E-state index is 12.3. The molecule has 0 amide bonds. The van der Waals surface area contributed by atoms with Crippen molar-refractivity contribution >= 4 is 26.7 Å². The third-order valence-corrected chi connectivity index (χ3v) is 5.08. The Balaban J connectivity index is 2.17. The van der Waals surface area contributed by atoms with E-state index >= 15 is 0 Å². The first-order valence-corrected chi connectivity index (χ1v) is 9.83. The molecule has 3 rings (SSSR count). The topological polar surface area (TPSA) is 65.4 Å². The second kappa shape index (κ2) is 6.72. The zero-order chi connectivity index (χ0) is 18.0. The highest BCUT2D eigenvalue weighted by Gasteiger charge is 2.18. The van der Waals surface area contributed by atoms with Gasteiger partial charge in [-0.25, -0.2) is 13.2 Å². The van der Waals surface area contributed by atoms with Crippen molar-refractivity contribution in [2.75, 3.05) is 12.9 Å². The van der Waals surface area contributed by atoms with Gasteiger partial charge < -0.3 is 9.30 Å². The maximum absolute atomic E-state index is 12.3. The Morgan fingerprint density at radius 2 is 1.80 bits per heavy atom. The summed E-state index contributed by atoms with van der Waals surface area (Å²) in [7, 11) is -3.31. The van der Waals surface area contributed by atoms with Crippen molar-refractivity contribution in [1.82, 2.24) is 4.57 Å². The van der Waals surface area contributed by atoms with E-state index in [1.807, 2.05) is 34.9 Å². The van der Waals surface area contributed by atoms with Gasteiger partial charge in [0.15, 0.2) is 9.84 Å². The number of nitrogens with zero attached hydrogens (tertiary/aromatic N) is 1. The van der Waals surface area contributed by atoms with Crippen LogP contribution in [0.3, 0.4) is 0 Å². The molecule has 5 nitrogen and oxygen atoms in total. The lowest BCUT2D eigenvalue weighted by Gasteiger charge is -2.10. The van der Waals surface area contributed by atoms with Gasteiger partial charge in [0.2, 0.25) is 0 Å². The van der Waals surface area contributed by atoms with Crippen LogP contribution < -0.4 is 0 Å². The smallest absolute Gasteiger partial charge is 0.354 e. The van der Waals surface area contributed by atoms with Gasteiger partial charge in [0.1, 0.15) is 5.69 Å². The lowest BCUT2D eigenvalue weighted by molar-refractivity contribution is 0.0515. The molecular weight excluding hydrogens is 338 g/mol. The SMILES string of the molecule is CCOC(=O)c1cc2cc(S(C)(=O)=O)ccc2n1Cc1ccccc1.